The average Bonchev–Trinajstić information content (AvgIpc) is 3.15. The highest BCUT2D eigenvalue weighted by Gasteiger charge is 2.30. The molecule has 0 aliphatic heterocycles. The van der Waals surface area contributed by atoms with Crippen molar-refractivity contribution in [3.8, 4) is 11.1 Å². The van der Waals surface area contributed by atoms with Crippen LogP contribution in [0.4, 0.5) is 4.79 Å². The van der Waals surface area contributed by atoms with Crippen LogP contribution in [0.1, 0.15) is 49.1 Å². The number of rotatable bonds is 8. The SMILES string of the molecule is O=C(O)CC(NC(=O)OCC1c2ccccc2-c2ccccc21)C(=O)NCC1CCC(O)CC1. The summed E-state index contributed by atoms with van der Waals surface area (Å²) in [6.45, 7) is 0.458. The van der Waals surface area contributed by atoms with Crippen LogP contribution in [0.25, 0.3) is 11.1 Å². The number of carboxylic acids is 1. The van der Waals surface area contributed by atoms with Crippen LogP contribution >= 0.6 is 0 Å². The lowest BCUT2D eigenvalue weighted by Crippen LogP contribution is -2.49. The van der Waals surface area contributed by atoms with Crippen molar-refractivity contribution in [2.45, 2.75) is 50.2 Å². The minimum absolute atomic E-state index is 0.0751. The Hall–Kier alpha value is -3.39. The minimum atomic E-state index is -1.23. The molecule has 2 aromatic rings. The molecule has 0 saturated heterocycles. The van der Waals surface area contributed by atoms with Crippen molar-refractivity contribution >= 4 is 18.0 Å². The molecule has 180 valence electrons. The van der Waals surface area contributed by atoms with Crippen LogP contribution in [0.15, 0.2) is 48.5 Å². The van der Waals surface area contributed by atoms with E-state index in [4.69, 9.17) is 4.74 Å². The molecule has 8 nitrogen and oxygen atoms in total. The Morgan fingerprint density at radius 1 is 0.941 bits per heavy atom. The highest BCUT2D eigenvalue weighted by Crippen LogP contribution is 2.44. The zero-order valence-corrected chi connectivity index (χ0v) is 18.9. The number of carboxylic acid groups (broad SMARTS) is 1. The van der Waals surface area contributed by atoms with Gasteiger partial charge in [-0.05, 0) is 53.9 Å². The van der Waals surface area contributed by atoms with E-state index >= 15 is 0 Å². The van der Waals surface area contributed by atoms with Gasteiger partial charge in [0, 0.05) is 12.5 Å². The van der Waals surface area contributed by atoms with E-state index in [2.05, 4.69) is 10.6 Å². The molecule has 2 amide bonds. The third-order valence-electron chi connectivity index (χ3n) is 6.71. The second-order valence-electron chi connectivity index (χ2n) is 9.04. The molecule has 2 aromatic carbocycles. The van der Waals surface area contributed by atoms with E-state index in [1.54, 1.807) is 0 Å². The van der Waals surface area contributed by atoms with E-state index in [1.165, 1.54) is 0 Å². The first kappa shape index (κ1) is 23.8. The summed E-state index contributed by atoms with van der Waals surface area (Å²) in [6.07, 6.45) is 1.31. The van der Waals surface area contributed by atoms with Gasteiger partial charge >= 0.3 is 12.1 Å². The highest BCUT2D eigenvalue weighted by atomic mass is 16.5. The number of benzene rings is 2. The summed E-state index contributed by atoms with van der Waals surface area (Å²) >= 11 is 0. The lowest BCUT2D eigenvalue weighted by molar-refractivity contribution is -0.139. The van der Waals surface area contributed by atoms with Crippen molar-refractivity contribution in [2.75, 3.05) is 13.2 Å². The predicted octanol–water partition coefficient (Wildman–Crippen LogP) is 3.04. The van der Waals surface area contributed by atoms with Crippen LogP contribution in [-0.4, -0.2) is 53.5 Å². The average molecular weight is 467 g/mol. The molecule has 0 spiro atoms. The van der Waals surface area contributed by atoms with Gasteiger partial charge < -0.3 is 25.6 Å². The maximum atomic E-state index is 12.6. The molecule has 0 bridgehead atoms. The first-order valence-electron chi connectivity index (χ1n) is 11.7. The lowest BCUT2D eigenvalue weighted by Gasteiger charge is -2.26. The minimum Gasteiger partial charge on any atom is -0.481 e. The fourth-order valence-corrected chi connectivity index (χ4v) is 4.88. The Bertz CT molecular complexity index is 1000. The number of carbonyl (C=O) groups is 3. The number of hydrogen-bond donors (Lipinski definition) is 4. The van der Waals surface area contributed by atoms with Crippen molar-refractivity contribution in [3.05, 3.63) is 59.7 Å². The van der Waals surface area contributed by atoms with Crippen LogP contribution in [0.3, 0.4) is 0 Å². The third kappa shape index (κ3) is 5.56. The molecule has 2 aliphatic rings. The Balaban J connectivity index is 1.34. The van der Waals surface area contributed by atoms with Crippen molar-refractivity contribution in [3.63, 3.8) is 0 Å². The number of hydrogen-bond acceptors (Lipinski definition) is 5. The van der Waals surface area contributed by atoms with Crippen LogP contribution in [0.2, 0.25) is 0 Å². The zero-order valence-electron chi connectivity index (χ0n) is 18.9. The molecular formula is C26H30N2O6. The molecule has 1 saturated carbocycles. The van der Waals surface area contributed by atoms with E-state index in [1.807, 2.05) is 48.5 Å². The van der Waals surface area contributed by atoms with Crippen molar-refractivity contribution in [1.29, 1.82) is 0 Å². The smallest absolute Gasteiger partial charge is 0.407 e. The van der Waals surface area contributed by atoms with Gasteiger partial charge in [0.1, 0.15) is 12.6 Å². The fourth-order valence-electron chi connectivity index (χ4n) is 4.88. The number of nitrogens with one attached hydrogen (secondary N) is 2. The largest absolute Gasteiger partial charge is 0.481 e. The van der Waals surface area contributed by atoms with E-state index < -0.39 is 30.4 Å². The molecule has 8 heteroatoms. The number of aliphatic hydroxyl groups is 1. The van der Waals surface area contributed by atoms with Crippen LogP contribution in [-0.2, 0) is 14.3 Å². The first-order valence-corrected chi connectivity index (χ1v) is 11.7. The van der Waals surface area contributed by atoms with Crippen molar-refractivity contribution in [1.82, 2.24) is 10.6 Å². The second kappa shape index (κ2) is 10.7. The molecule has 1 atom stereocenters. The molecule has 0 heterocycles. The Morgan fingerprint density at radius 2 is 1.53 bits per heavy atom. The summed E-state index contributed by atoms with van der Waals surface area (Å²) in [4.78, 5) is 36.4. The molecule has 1 unspecified atom stereocenters. The van der Waals surface area contributed by atoms with E-state index in [9.17, 15) is 24.6 Å². The number of fused-ring (bicyclic) bond motifs is 3. The molecule has 0 radical (unpaired) electrons. The molecule has 4 N–H and O–H groups in total. The topological polar surface area (TPSA) is 125 Å². The summed E-state index contributed by atoms with van der Waals surface area (Å²) in [5.74, 6) is -1.65. The van der Waals surface area contributed by atoms with E-state index in [0.29, 0.717) is 19.4 Å². The van der Waals surface area contributed by atoms with Crippen LogP contribution < -0.4 is 10.6 Å². The van der Waals surface area contributed by atoms with Gasteiger partial charge in [0.15, 0.2) is 0 Å². The number of alkyl carbamates (subject to hydrolysis) is 1. The maximum absolute atomic E-state index is 12.6. The van der Waals surface area contributed by atoms with Gasteiger partial charge in [-0.25, -0.2) is 4.79 Å². The van der Waals surface area contributed by atoms with Gasteiger partial charge in [0.25, 0.3) is 0 Å². The zero-order chi connectivity index (χ0) is 24.1. The Labute approximate surface area is 198 Å². The molecule has 4 rings (SSSR count). The monoisotopic (exact) mass is 466 g/mol. The van der Waals surface area contributed by atoms with Gasteiger partial charge in [-0.3, -0.25) is 9.59 Å². The number of aliphatic carboxylic acids is 1. The number of aliphatic hydroxyl groups excluding tert-OH is 1. The van der Waals surface area contributed by atoms with E-state index in [0.717, 1.165) is 35.1 Å². The Morgan fingerprint density at radius 3 is 2.12 bits per heavy atom. The summed E-state index contributed by atoms with van der Waals surface area (Å²) < 4.78 is 5.46. The summed E-state index contributed by atoms with van der Waals surface area (Å²) in [5.41, 5.74) is 4.33. The van der Waals surface area contributed by atoms with Crippen molar-refractivity contribution < 1.29 is 29.3 Å². The highest BCUT2D eigenvalue weighted by molar-refractivity contribution is 5.89. The van der Waals surface area contributed by atoms with Gasteiger partial charge in [-0.15, -0.1) is 0 Å². The molecule has 0 aromatic heterocycles. The Kier molecular flexibility index (Phi) is 7.47. The number of amides is 2. The van der Waals surface area contributed by atoms with Gasteiger partial charge in [-0.2, -0.15) is 0 Å². The second-order valence-corrected chi connectivity index (χ2v) is 9.04. The number of carbonyl (C=O) groups excluding carboxylic acids is 2. The van der Waals surface area contributed by atoms with Crippen LogP contribution in [0.5, 0.6) is 0 Å². The fraction of sp³-hybridized carbons (Fsp3) is 0.423. The first-order chi connectivity index (χ1) is 16.4. The van der Waals surface area contributed by atoms with Crippen LogP contribution in [0, 0.1) is 5.92 Å². The quantitative estimate of drug-likeness (QED) is 0.474. The van der Waals surface area contributed by atoms with Gasteiger partial charge in [-0.1, -0.05) is 48.5 Å². The number of ether oxygens (including phenoxy) is 1. The van der Waals surface area contributed by atoms with Gasteiger partial charge in [0.2, 0.25) is 5.91 Å². The maximum Gasteiger partial charge on any atom is 0.407 e. The van der Waals surface area contributed by atoms with E-state index in [-0.39, 0.29) is 24.5 Å². The summed E-state index contributed by atoms with van der Waals surface area (Å²) in [7, 11) is 0. The standard InChI is InChI=1S/C26H30N2O6/c29-17-11-9-16(10-12-17)14-27-25(32)23(13-24(30)31)28-26(33)34-15-22-20-7-3-1-5-18(20)19-6-2-4-8-21(19)22/h1-8,16-17,22-23,29H,9-15H2,(H,27,32)(H,28,33)(H,30,31). The normalized spacial score (nSPS) is 20.0. The molecule has 34 heavy (non-hydrogen) atoms. The summed E-state index contributed by atoms with van der Waals surface area (Å²) in [6, 6.07) is 14.7. The molecule has 1 fully saturated rings. The molecule has 2 aliphatic carbocycles. The van der Waals surface area contributed by atoms with Gasteiger partial charge in [0.05, 0.1) is 12.5 Å². The lowest BCUT2D eigenvalue weighted by atomic mass is 9.87. The predicted molar refractivity (Wildman–Crippen MR) is 125 cm³/mol. The third-order valence-corrected chi connectivity index (χ3v) is 6.71. The van der Waals surface area contributed by atoms with Crippen molar-refractivity contribution in [2.24, 2.45) is 5.92 Å². The summed E-state index contributed by atoms with van der Waals surface area (Å²) in [5, 5.41) is 24.0. The molecular weight excluding hydrogens is 436 g/mol.